The summed E-state index contributed by atoms with van der Waals surface area (Å²) in [6.07, 6.45) is 1.12. The van der Waals surface area contributed by atoms with Crippen molar-refractivity contribution in [1.82, 2.24) is 5.32 Å². The van der Waals surface area contributed by atoms with Crippen LogP contribution < -0.4 is 5.32 Å². The van der Waals surface area contributed by atoms with Crippen molar-refractivity contribution < 1.29 is 14.3 Å². The molecule has 0 saturated carbocycles. The molecule has 1 aromatic rings. The summed E-state index contributed by atoms with van der Waals surface area (Å²) in [6, 6.07) is 4.31. The number of carbonyl (C=O) groups is 2. The van der Waals surface area contributed by atoms with Crippen LogP contribution in [-0.4, -0.2) is 25.5 Å². The van der Waals surface area contributed by atoms with E-state index in [9.17, 15) is 9.59 Å². The summed E-state index contributed by atoms with van der Waals surface area (Å²) in [5, 5.41) is 2.83. The lowest BCUT2D eigenvalue weighted by atomic mass is 9.97. The first-order valence-electron chi connectivity index (χ1n) is 6.84. The van der Waals surface area contributed by atoms with Gasteiger partial charge in [0.2, 0.25) is 5.91 Å². The number of hydrogen-bond acceptors (Lipinski definition) is 3. The minimum atomic E-state index is -0.356. The monoisotopic (exact) mass is 277 g/mol. The Morgan fingerprint density at radius 2 is 1.70 bits per heavy atom. The molecule has 20 heavy (non-hydrogen) atoms. The van der Waals surface area contributed by atoms with E-state index < -0.39 is 0 Å². The smallest absolute Gasteiger partial charge is 0.306 e. The van der Waals surface area contributed by atoms with Crippen molar-refractivity contribution in [2.75, 3.05) is 13.7 Å². The van der Waals surface area contributed by atoms with Gasteiger partial charge in [0.1, 0.15) is 0 Å². The lowest BCUT2D eigenvalue weighted by molar-refractivity contribution is -0.142. The molecule has 110 valence electrons. The first-order chi connectivity index (χ1) is 9.43. The zero-order valence-electron chi connectivity index (χ0n) is 12.7. The minimum Gasteiger partial charge on any atom is -0.469 e. The Labute approximate surface area is 120 Å². The van der Waals surface area contributed by atoms with Gasteiger partial charge in [-0.05, 0) is 43.9 Å². The first kappa shape index (κ1) is 16.2. The van der Waals surface area contributed by atoms with Crippen molar-refractivity contribution in [2.24, 2.45) is 0 Å². The van der Waals surface area contributed by atoms with E-state index in [0.717, 1.165) is 6.42 Å². The van der Waals surface area contributed by atoms with Crippen LogP contribution in [0.25, 0.3) is 0 Å². The van der Waals surface area contributed by atoms with E-state index in [4.69, 9.17) is 0 Å². The molecule has 0 aliphatic carbocycles. The maximum atomic E-state index is 11.6. The fourth-order valence-electron chi connectivity index (χ4n) is 2.34. The van der Waals surface area contributed by atoms with Gasteiger partial charge in [0.05, 0.1) is 13.5 Å². The van der Waals surface area contributed by atoms with Gasteiger partial charge in [0, 0.05) is 13.0 Å². The fraction of sp³-hybridized carbons (Fsp3) is 0.500. The van der Waals surface area contributed by atoms with Gasteiger partial charge in [-0.25, -0.2) is 0 Å². The lowest BCUT2D eigenvalue weighted by Gasteiger charge is -2.12. The number of benzene rings is 1. The van der Waals surface area contributed by atoms with Crippen LogP contribution in [0.5, 0.6) is 0 Å². The second-order valence-electron chi connectivity index (χ2n) is 5.05. The van der Waals surface area contributed by atoms with Gasteiger partial charge < -0.3 is 10.1 Å². The third kappa shape index (κ3) is 5.03. The third-order valence-electron chi connectivity index (χ3n) is 3.32. The standard InChI is InChI=1S/C16H23NO3/c1-11-9-12(2)14(13(3)10-11)7-8-17-15(18)5-6-16(19)20-4/h9-10H,5-8H2,1-4H3,(H,17,18). The van der Waals surface area contributed by atoms with Gasteiger partial charge in [0.15, 0.2) is 0 Å². The SMILES string of the molecule is COC(=O)CCC(=O)NCCc1c(C)cc(C)cc1C. The number of nitrogens with one attached hydrogen (secondary N) is 1. The molecule has 0 unspecified atom stereocenters. The molecule has 0 fully saturated rings. The van der Waals surface area contributed by atoms with Crippen molar-refractivity contribution in [1.29, 1.82) is 0 Å². The Morgan fingerprint density at radius 1 is 1.10 bits per heavy atom. The topological polar surface area (TPSA) is 55.4 Å². The number of rotatable bonds is 6. The zero-order valence-corrected chi connectivity index (χ0v) is 12.7. The number of hydrogen-bond donors (Lipinski definition) is 1. The van der Waals surface area contributed by atoms with Gasteiger partial charge in [-0.2, -0.15) is 0 Å². The molecule has 0 aliphatic rings. The molecule has 4 nitrogen and oxygen atoms in total. The fourth-order valence-corrected chi connectivity index (χ4v) is 2.34. The molecular formula is C16H23NO3. The van der Waals surface area contributed by atoms with Gasteiger partial charge in [0.25, 0.3) is 0 Å². The maximum Gasteiger partial charge on any atom is 0.306 e. The Bertz CT molecular complexity index is 471. The Morgan fingerprint density at radius 3 is 2.25 bits per heavy atom. The van der Waals surface area contributed by atoms with E-state index in [0.29, 0.717) is 6.54 Å². The van der Waals surface area contributed by atoms with Crippen LogP contribution in [0, 0.1) is 20.8 Å². The Kier molecular flexibility index (Phi) is 6.22. The lowest BCUT2D eigenvalue weighted by Crippen LogP contribution is -2.26. The van der Waals surface area contributed by atoms with Crippen molar-refractivity contribution in [3.63, 3.8) is 0 Å². The normalized spacial score (nSPS) is 10.2. The molecule has 0 spiro atoms. The molecule has 1 rings (SSSR count). The second kappa shape index (κ2) is 7.68. The van der Waals surface area contributed by atoms with Crippen LogP contribution in [0.4, 0.5) is 0 Å². The van der Waals surface area contributed by atoms with Crippen LogP contribution >= 0.6 is 0 Å². The van der Waals surface area contributed by atoms with Crippen molar-refractivity contribution in [3.05, 3.63) is 34.4 Å². The summed E-state index contributed by atoms with van der Waals surface area (Å²) in [4.78, 5) is 22.5. The molecule has 0 bridgehead atoms. The summed E-state index contributed by atoms with van der Waals surface area (Å²) >= 11 is 0. The highest BCUT2D eigenvalue weighted by Gasteiger charge is 2.07. The summed E-state index contributed by atoms with van der Waals surface area (Å²) in [7, 11) is 1.32. The Balaban J connectivity index is 2.41. The highest BCUT2D eigenvalue weighted by Crippen LogP contribution is 2.16. The van der Waals surface area contributed by atoms with Crippen molar-refractivity contribution in [3.8, 4) is 0 Å². The molecule has 0 aromatic heterocycles. The average molecular weight is 277 g/mol. The molecule has 0 heterocycles. The third-order valence-corrected chi connectivity index (χ3v) is 3.32. The summed E-state index contributed by atoms with van der Waals surface area (Å²) in [5.74, 6) is -0.469. The van der Waals surface area contributed by atoms with Crippen molar-refractivity contribution in [2.45, 2.75) is 40.0 Å². The van der Waals surface area contributed by atoms with Crippen LogP contribution in [0.15, 0.2) is 12.1 Å². The van der Waals surface area contributed by atoms with Crippen LogP contribution in [0.2, 0.25) is 0 Å². The summed E-state index contributed by atoms with van der Waals surface area (Å²) < 4.78 is 4.50. The second-order valence-corrected chi connectivity index (χ2v) is 5.05. The minimum absolute atomic E-state index is 0.113. The van der Waals surface area contributed by atoms with E-state index >= 15 is 0 Å². The highest BCUT2D eigenvalue weighted by atomic mass is 16.5. The van der Waals surface area contributed by atoms with Crippen LogP contribution in [0.3, 0.4) is 0 Å². The number of esters is 1. The van der Waals surface area contributed by atoms with E-state index in [1.54, 1.807) is 0 Å². The van der Waals surface area contributed by atoms with Crippen LogP contribution in [0.1, 0.15) is 35.1 Å². The predicted molar refractivity (Wildman–Crippen MR) is 78.6 cm³/mol. The molecule has 0 radical (unpaired) electrons. The molecule has 0 aliphatic heterocycles. The van der Waals surface area contributed by atoms with Gasteiger partial charge >= 0.3 is 5.97 Å². The highest BCUT2D eigenvalue weighted by molar-refractivity contribution is 5.81. The van der Waals surface area contributed by atoms with Crippen molar-refractivity contribution >= 4 is 11.9 Å². The molecule has 1 aromatic carbocycles. The van der Waals surface area contributed by atoms with E-state index in [-0.39, 0.29) is 24.7 Å². The molecule has 0 atom stereocenters. The number of aryl methyl sites for hydroxylation is 3. The number of ether oxygens (including phenoxy) is 1. The summed E-state index contributed by atoms with van der Waals surface area (Å²) in [5.41, 5.74) is 5.05. The quantitative estimate of drug-likeness (QED) is 0.811. The molecule has 1 amide bonds. The Hall–Kier alpha value is -1.84. The van der Waals surface area contributed by atoms with E-state index in [2.05, 4.69) is 43.0 Å². The van der Waals surface area contributed by atoms with Gasteiger partial charge in [-0.3, -0.25) is 9.59 Å². The molecule has 0 saturated heterocycles. The molecule has 1 N–H and O–H groups in total. The van der Waals surface area contributed by atoms with E-state index in [1.165, 1.54) is 29.4 Å². The van der Waals surface area contributed by atoms with E-state index in [1.807, 2.05) is 0 Å². The van der Waals surface area contributed by atoms with Crippen LogP contribution in [-0.2, 0) is 20.7 Å². The molecule has 4 heteroatoms. The van der Waals surface area contributed by atoms with Gasteiger partial charge in [-0.15, -0.1) is 0 Å². The number of carbonyl (C=O) groups excluding carboxylic acids is 2. The van der Waals surface area contributed by atoms with Gasteiger partial charge in [-0.1, -0.05) is 17.7 Å². The first-order valence-corrected chi connectivity index (χ1v) is 6.84. The summed E-state index contributed by atoms with van der Waals surface area (Å²) in [6.45, 7) is 6.85. The average Bonchev–Trinajstić information content (AvgIpc) is 2.38. The predicted octanol–water partition coefficient (Wildman–Crippen LogP) is 2.22. The largest absolute Gasteiger partial charge is 0.469 e. The number of amides is 1. The zero-order chi connectivity index (χ0) is 15.1. The number of methoxy groups -OCH3 is 1. The molecular weight excluding hydrogens is 254 g/mol. The maximum absolute atomic E-state index is 11.6.